The summed E-state index contributed by atoms with van der Waals surface area (Å²) in [7, 11) is 0. The lowest BCUT2D eigenvalue weighted by Gasteiger charge is -2.35. The van der Waals surface area contributed by atoms with E-state index in [-0.39, 0.29) is 5.41 Å². The summed E-state index contributed by atoms with van der Waals surface area (Å²) in [5.74, 6) is 0. The van der Waals surface area contributed by atoms with Gasteiger partial charge in [-0.05, 0) is 76.9 Å². The van der Waals surface area contributed by atoms with Gasteiger partial charge in [0.05, 0.1) is 27.8 Å². The summed E-state index contributed by atoms with van der Waals surface area (Å²) in [5.41, 5.74) is 12.4. The highest BCUT2D eigenvalue weighted by Gasteiger charge is 2.35. The number of nitrogens with zero attached hydrogens (tertiary/aromatic N) is 3. The zero-order valence-electron chi connectivity index (χ0n) is 23.0. The highest BCUT2D eigenvalue weighted by molar-refractivity contribution is 6.14. The third-order valence-corrected chi connectivity index (χ3v) is 9.17. The standard InChI is InChI=1S/C38H27N3/c1-38(2)31-13-7-9-15-36(31)41-35-18-19-39-23-30(35)29-21-25(22-32(38)37(29)41)24-16-17-34-28(20-24)27-12-6-8-14-33(27)40(34)26-10-4-3-5-11-26/h3-23H,1-2H3. The van der Waals surface area contributed by atoms with Gasteiger partial charge < -0.3 is 9.13 Å². The molecule has 3 heteroatoms. The van der Waals surface area contributed by atoms with Crippen LogP contribution in [0.1, 0.15) is 25.0 Å². The number of hydrogen-bond acceptors (Lipinski definition) is 1. The average Bonchev–Trinajstić information content (AvgIpc) is 3.53. The number of pyridine rings is 1. The fourth-order valence-electron chi connectivity index (χ4n) is 7.23. The normalized spacial score (nSPS) is 13.8. The van der Waals surface area contributed by atoms with Crippen LogP contribution >= 0.6 is 0 Å². The molecule has 0 spiro atoms. The molecule has 0 saturated heterocycles. The van der Waals surface area contributed by atoms with Crippen molar-refractivity contribution in [2.45, 2.75) is 19.3 Å². The van der Waals surface area contributed by atoms with Gasteiger partial charge in [0.25, 0.3) is 0 Å². The van der Waals surface area contributed by atoms with Crippen molar-refractivity contribution >= 4 is 43.6 Å². The smallest absolute Gasteiger partial charge is 0.0583 e. The Kier molecular flexibility index (Phi) is 4.39. The lowest BCUT2D eigenvalue weighted by molar-refractivity contribution is 0.630. The zero-order chi connectivity index (χ0) is 27.3. The summed E-state index contributed by atoms with van der Waals surface area (Å²) in [6, 6.07) is 42.2. The molecule has 0 N–H and O–H groups in total. The van der Waals surface area contributed by atoms with E-state index in [2.05, 4.69) is 143 Å². The van der Waals surface area contributed by atoms with Crippen LogP contribution in [0.5, 0.6) is 0 Å². The molecular formula is C38H27N3. The Hall–Kier alpha value is -5.15. The number of aromatic nitrogens is 3. The Balaban J connectivity index is 1.36. The molecule has 0 amide bonds. The first-order valence-corrected chi connectivity index (χ1v) is 14.2. The van der Waals surface area contributed by atoms with E-state index >= 15 is 0 Å². The molecule has 1 aliphatic rings. The summed E-state index contributed by atoms with van der Waals surface area (Å²) in [4.78, 5) is 4.55. The minimum atomic E-state index is -0.143. The molecule has 0 unspecified atom stereocenters. The van der Waals surface area contributed by atoms with E-state index in [4.69, 9.17) is 0 Å². The van der Waals surface area contributed by atoms with Crippen molar-refractivity contribution in [1.82, 2.24) is 14.1 Å². The minimum Gasteiger partial charge on any atom is -0.309 e. The number of hydrogen-bond donors (Lipinski definition) is 0. The second-order valence-electron chi connectivity index (χ2n) is 11.7. The predicted octanol–water partition coefficient (Wildman–Crippen LogP) is 9.58. The van der Waals surface area contributed by atoms with Crippen molar-refractivity contribution in [3.05, 3.63) is 139 Å². The van der Waals surface area contributed by atoms with Crippen LogP contribution in [0.3, 0.4) is 0 Å². The first kappa shape index (κ1) is 22.6. The van der Waals surface area contributed by atoms with Crippen LogP contribution in [0.25, 0.3) is 66.1 Å². The quantitative estimate of drug-likeness (QED) is 0.220. The van der Waals surface area contributed by atoms with E-state index in [0.717, 1.165) is 0 Å². The van der Waals surface area contributed by atoms with Gasteiger partial charge in [0.1, 0.15) is 0 Å². The van der Waals surface area contributed by atoms with Crippen LogP contribution in [-0.4, -0.2) is 14.1 Å². The predicted molar refractivity (Wildman–Crippen MR) is 170 cm³/mol. The summed E-state index contributed by atoms with van der Waals surface area (Å²) in [6.45, 7) is 4.72. The highest BCUT2D eigenvalue weighted by atomic mass is 15.0. The van der Waals surface area contributed by atoms with E-state index in [9.17, 15) is 0 Å². The molecule has 0 fully saturated rings. The Morgan fingerprint density at radius 1 is 0.537 bits per heavy atom. The summed E-state index contributed by atoms with van der Waals surface area (Å²) in [6.07, 6.45) is 3.93. The maximum absolute atomic E-state index is 4.55. The second kappa shape index (κ2) is 7.96. The number of para-hydroxylation sites is 3. The van der Waals surface area contributed by atoms with E-state index in [1.807, 2.05) is 12.4 Å². The van der Waals surface area contributed by atoms with Crippen LogP contribution in [0.2, 0.25) is 0 Å². The number of rotatable bonds is 2. The zero-order valence-corrected chi connectivity index (χ0v) is 23.0. The van der Waals surface area contributed by atoms with Gasteiger partial charge in [-0.2, -0.15) is 0 Å². The van der Waals surface area contributed by atoms with Gasteiger partial charge in [0, 0.05) is 45.0 Å². The largest absolute Gasteiger partial charge is 0.309 e. The Morgan fingerprint density at radius 2 is 1.27 bits per heavy atom. The molecule has 0 atom stereocenters. The molecule has 3 nitrogen and oxygen atoms in total. The van der Waals surface area contributed by atoms with Crippen LogP contribution in [-0.2, 0) is 5.41 Å². The SMILES string of the molecule is CC1(C)c2ccccc2-n2c3ccncc3c3cc(-c4ccc5c(c4)c4ccccc4n5-c4ccccc4)cc1c32. The fourth-order valence-corrected chi connectivity index (χ4v) is 7.23. The second-order valence-corrected chi connectivity index (χ2v) is 11.7. The molecule has 0 saturated carbocycles. The molecule has 4 heterocycles. The Morgan fingerprint density at radius 3 is 2.17 bits per heavy atom. The average molecular weight is 526 g/mol. The molecule has 194 valence electrons. The van der Waals surface area contributed by atoms with Crippen LogP contribution in [0.15, 0.2) is 128 Å². The third-order valence-electron chi connectivity index (χ3n) is 9.17. The third kappa shape index (κ3) is 2.95. The molecule has 8 aromatic rings. The topological polar surface area (TPSA) is 22.8 Å². The first-order chi connectivity index (χ1) is 20.1. The van der Waals surface area contributed by atoms with Gasteiger partial charge in [-0.15, -0.1) is 0 Å². The van der Waals surface area contributed by atoms with Gasteiger partial charge >= 0.3 is 0 Å². The molecule has 5 aromatic carbocycles. The van der Waals surface area contributed by atoms with Crippen molar-refractivity contribution in [1.29, 1.82) is 0 Å². The Bertz CT molecular complexity index is 2330. The lowest BCUT2D eigenvalue weighted by Crippen LogP contribution is -2.26. The maximum atomic E-state index is 4.55. The van der Waals surface area contributed by atoms with Gasteiger partial charge in [0.15, 0.2) is 0 Å². The van der Waals surface area contributed by atoms with Crippen molar-refractivity contribution in [3.63, 3.8) is 0 Å². The van der Waals surface area contributed by atoms with E-state index in [0.29, 0.717) is 0 Å². The van der Waals surface area contributed by atoms with Gasteiger partial charge in [-0.25, -0.2) is 0 Å². The van der Waals surface area contributed by atoms with Gasteiger partial charge in [0.2, 0.25) is 0 Å². The van der Waals surface area contributed by atoms with Gasteiger partial charge in [-0.3, -0.25) is 4.98 Å². The number of benzene rings is 5. The molecule has 3 aromatic heterocycles. The van der Waals surface area contributed by atoms with Crippen molar-refractivity contribution in [2.24, 2.45) is 0 Å². The highest BCUT2D eigenvalue weighted by Crippen LogP contribution is 2.49. The summed E-state index contributed by atoms with van der Waals surface area (Å²) >= 11 is 0. The monoisotopic (exact) mass is 525 g/mol. The fraction of sp³-hybridized carbons (Fsp3) is 0.0789. The van der Waals surface area contributed by atoms with Crippen LogP contribution in [0.4, 0.5) is 0 Å². The summed E-state index contributed by atoms with van der Waals surface area (Å²) in [5, 5.41) is 4.99. The van der Waals surface area contributed by atoms with Crippen LogP contribution in [0, 0.1) is 0 Å². The lowest BCUT2D eigenvalue weighted by atomic mass is 9.74. The van der Waals surface area contributed by atoms with E-state index in [1.54, 1.807) is 0 Å². The number of fused-ring (bicyclic) bond motifs is 8. The maximum Gasteiger partial charge on any atom is 0.0583 e. The first-order valence-electron chi connectivity index (χ1n) is 14.2. The summed E-state index contributed by atoms with van der Waals surface area (Å²) < 4.78 is 4.82. The van der Waals surface area contributed by atoms with E-state index < -0.39 is 0 Å². The molecule has 9 rings (SSSR count). The van der Waals surface area contributed by atoms with Crippen LogP contribution < -0.4 is 0 Å². The molecule has 41 heavy (non-hydrogen) atoms. The van der Waals surface area contributed by atoms with Gasteiger partial charge in [-0.1, -0.05) is 74.5 Å². The minimum absolute atomic E-state index is 0.143. The van der Waals surface area contributed by atoms with Crippen molar-refractivity contribution < 1.29 is 0 Å². The molecule has 1 aliphatic heterocycles. The molecule has 0 radical (unpaired) electrons. The van der Waals surface area contributed by atoms with E-state index in [1.165, 1.54) is 77.2 Å². The molecular weight excluding hydrogens is 498 g/mol. The van der Waals surface area contributed by atoms with Crippen molar-refractivity contribution in [3.8, 4) is 22.5 Å². The van der Waals surface area contributed by atoms with Crippen molar-refractivity contribution in [2.75, 3.05) is 0 Å². The molecule has 0 bridgehead atoms. The Labute approximate surface area is 237 Å². The molecule has 0 aliphatic carbocycles.